The molecule has 4 aliphatic rings. The number of aromatic nitrogens is 2. The first kappa shape index (κ1) is 14.7. The maximum atomic E-state index is 12.7. The van der Waals surface area contributed by atoms with Gasteiger partial charge in [0.2, 0.25) is 5.91 Å². The second kappa shape index (κ2) is 5.08. The van der Waals surface area contributed by atoms with E-state index in [-0.39, 0.29) is 17.0 Å². The molecule has 4 fully saturated rings. The molecule has 2 N–H and O–H groups in total. The lowest BCUT2D eigenvalue weighted by Gasteiger charge is -2.57. The molecular formula is C17H23N3O3. The molecular weight excluding hydrogens is 294 g/mol. The summed E-state index contributed by atoms with van der Waals surface area (Å²) in [7, 11) is 0. The molecule has 1 unspecified atom stereocenters. The summed E-state index contributed by atoms with van der Waals surface area (Å²) in [4.78, 5) is 23.6. The van der Waals surface area contributed by atoms with E-state index in [1.54, 1.807) is 6.92 Å². The highest BCUT2D eigenvalue weighted by Gasteiger charge is 2.51. The number of carboxylic acid groups (broad SMARTS) is 1. The minimum absolute atomic E-state index is 0.0249. The number of hydrogen-bond acceptors (Lipinski definition) is 3. The van der Waals surface area contributed by atoms with Gasteiger partial charge in [-0.05, 0) is 63.2 Å². The third kappa shape index (κ3) is 2.54. The Morgan fingerprint density at radius 1 is 1.26 bits per heavy atom. The van der Waals surface area contributed by atoms with Crippen molar-refractivity contribution < 1.29 is 14.7 Å². The molecule has 4 bridgehead atoms. The quantitative estimate of drug-likeness (QED) is 0.892. The summed E-state index contributed by atoms with van der Waals surface area (Å²) >= 11 is 0. The first-order chi connectivity index (χ1) is 10.9. The second-order valence-corrected chi connectivity index (χ2v) is 7.88. The number of carboxylic acids is 1. The number of nitrogens with zero attached hydrogens (tertiary/aromatic N) is 2. The topological polar surface area (TPSA) is 84.2 Å². The molecule has 1 aromatic heterocycles. The molecule has 0 radical (unpaired) electrons. The first-order valence-corrected chi connectivity index (χ1v) is 8.53. The summed E-state index contributed by atoms with van der Waals surface area (Å²) in [6.45, 7) is 1.77. The SMILES string of the molecule is CC(C(=O)NC12CC3CC(CC(C3)C1)C2)n1cc(C(=O)O)cn1. The van der Waals surface area contributed by atoms with Crippen molar-refractivity contribution in [1.29, 1.82) is 0 Å². The number of rotatable bonds is 4. The van der Waals surface area contributed by atoms with E-state index in [2.05, 4.69) is 10.4 Å². The van der Waals surface area contributed by atoms with Gasteiger partial charge in [0.25, 0.3) is 0 Å². The molecule has 1 aromatic rings. The van der Waals surface area contributed by atoms with Gasteiger partial charge in [0.1, 0.15) is 6.04 Å². The number of nitrogens with one attached hydrogen (secondary N) is 1. The Morgan fingerprint density at radius 3 is 2.30 bits per heavy atom. The Balaban J connectivity index is 1.48. The lowest BCUT2D eigenvalue weighted by Crippen LogP contribution is -2.60. The molecule has 4 aliphatic carbocycles. The molecule has 0 aliphatic heterocycles. The average molecular weight is 317 g/mol. The van der Waals surface area contributed by atoms with Gasteiger partial charge >= 0.3 is 5.97 Å². The standard InChI is InChI=1S/C17H23N3O3/c1-10(20-9-14(8-18-20)16(22)23)15(21)19-17-5-11-2-12(6-17)4-13(3-11)7-17/h8-13H,2-7H2,1H3,(H,19,21)(H,22,23). The molecule has 0 spiro atoms. The highest BCUT2D eigenvalue weighted by molar-refractivity contribution is 5.87. The van der Waals surface area contributed by atoms with Gasteiger partial charge < -0.3 is 10.4 Å². The maximum Gasteiger partial charge on any atom is 0.338 e. The number of aromatic carboxylic acids is 1. The van der Waals surface area contributed by atoms with Gasteiger partial charge in [0.15, 0.2) is 0 Å². The van der Waals surface area contributed by atoms with E-state index in [0.29, 0.717) is 0 Å². The van der Waals surface area contributed by atoms with Crippen molar-refractivity contribution >= 4 is 11.9 Å². The van der Waals surface area contributed by atoms with Crippen LogP contribution in [0.3, 0.4) is 0 Å². The zero-order valence-corrected chi connectivity index (χ0v) is 13.4. The minimum atomic E-state index is -1.02. The smallest absolute Gasteiger partial charge is 0.338 e. The van der Waals surface area contributed by atoms with E-state index in [1.165, 1.54) is 36.3 Å². The lowest BCUT2D eigenvalue weighted by atomic mass is 9.53. The Bertz CT molecular complexity index is 616. The van der Waals surface area contributed by atoms with Gasteiger partial charge in [0, 0.05) is 11.7 Å². The van der Waals surface area contributed by atoms with Crippen LogP contribution in [0.25, 0.3) is 0 Å². The number of hydrogen-bond donors (Lipinski definition) is 2. The van der Waals surface area contributed by atoms with Crippen molar-refractivity contribution in [3.63, 3.8) is 0 Å². The van der Waals surface area contributed by atoms with E-state index in [1.807, 2.05) is 0 Å². The van der Waals surface area contributed by atoms with E-state index in [9.17, 15) is 9.59 Å². The lowest BCUT2D eigenvalue weighted by molar-refractivity contribution is -0.130. The van der Waals surface area contributed by atoms with Crippen LogP contribution in [0.15, 0.2) is 12.4 Å². The van der Waals surface area contributed by atoms with Gasteiger partial charge in [-0.25, -0.2) is 4.79 Å². The molecule has 6 nitrogen and oxygen atoms in total. The van der Waals surface area contributed by atoms with Gasteiger partial charge in [-0.1, -0.05) is 0 Å². The second-order valence-electron chi connectivity index (χ2n) is 7.88. The third-order valence-electron chi connectivity index (χ3n) is 6.05. The van der Waals surface area contributed by atoms with E-state index >= 15 is 0 Å². The molecule has 0 aromatic carbocycles. The molecule has 5 rings (SSSR count). The molecule has 6 heteroatoms. The van der Waals surface area contributed by atoms with Crippen molar-refractivity contribution in [3.8, 4) is 0 Å². The van der Waals surface area contributed by atoms with Crippen molar-refractivity contribution in [2.45, 2.75) is 57.0 Å². The van der Waals surface area contributed by atoms with E-state index in [4.69, 9.17) is 5.11 Å². The van der Waals surface area contributed by atoms with E-state index < -0.39 is 12.0 Å². The Kier molecular flexibility index (Phi) is 3.25. The Hall–Kier alpha value is -1.85. The van der Waals surface area contributed by atoms with Crippen LogP contribution in [-0.2, 0) is 4.79 Å². The first-order valence-electron chi connectivity index (χ1n) is 8.53. The van der Waals surface area contributed by atoms with Crippen LogP contribution in [0.4, 0.5) is 0 Å². The monoisotopic (exact) mass is 317 g/mol. The highest BCUT2D eigenvalue weighted by Crippen LogP contribution is 2.55. The van der Waals surface area contributed by atoms with Gasteiger partial charge in [-0.15, -0.1) is 0 Å². The molecule has 0 saturated heterocycles. The summed E-state index contributed by atoms with van der Waals surface area (Å²) in [6.07, 6.45) is 10.1. The summed E-state index contributed by atoms with van der Waals surface area (Å²) in [5, 5.41) is 16.3. The van der Waals surface area contributed by atoms with Gasteiger partial charge in [-0.3, -0.25) is 9.48 Å². The number of carbonyl (C=O) groups is 2. The number of carbonyl (C=O) groups excluding carboxylic acids is 1. The summed E-state index contributed by atoms with van der Waals surface area (Å²) in [6, 6.07) is -0.490. The minimum Gasteiger partial charge on any atom is -0.478 e. The van der Waals surface area contributed by atoms with Crippen molar-refractivity contribution in [1.82, 2.24) is 15.1 Å². The fourth-order valence-electron chi connectivity index (χ4n) is 5.41. The highest BCUT2D eigenvalue weighted by atomic mass is 16.4. The van der Waals surface area contributed by atoms with Crippen molar-refractivity contribution in [2.24, 2.45) is 17.8 Å². The van der Waals surface area contributed by atoms with Crippen LogP contribution in [0.1, 0.15) is 61.8 Å². The Labute approximate surface area is 135 Å². The molecule has 23 heavy (non-hydrogen) atoms. The zero-order valence-electron chi connectivity index (χ0n) is 13.4. The van der Waals surface area contributed by atoms with Crippen molar-refractivity contribution in [3.05, 3.63) is 18.0 Å². The molecule has 1 atom stereocenters. The van der Waals surface area contributed by atoms with Crippen LogP contribution in [0.2, 0.25) is 0 Å². The van der Waals surface area contributed by atoms with Crippen LogP contribution in [-0.4, -0.2) is 32.3 Å². The molecule has 4 saturated carbocycles. The Morgan fingerprint density at radius 2 is 1.83 bits per heavy atom. The zero-order chi connectivity index (χ0) is 16.2. The van der Waals surface area contributed by atoms with Crippen molar-refractivity contribution in [2.75, 3.05) is 0 Å². The normalized spacial score (nSPS) is 36.0. The van der Waals surface area contributed by atoms with Crippen LogP contribution in [0, 0.1) is 17.8 Å². The maximum absolute atomic E-state index is 12.7. The molecule has 1 amide bonds. The van der Waals surface area contributed by atoms with Crippen LogP contribution >= 0.6 is 0 Å². The summed E-state index contributed by atoms with van der Waals surface area (Å²) in [5.74, 6) is 1.26. The average Bonchev–Trinajstić information content (AvgIpc) is 2.94. The molecule has 124 valence electrons. The van der Waals surface area contributed by atoms with Gasteiger partial charge in [-0.2, -0.15) is 5.10 Å². The van der Waals surface area contributed by atoms with E-state index in [0.717, 1.165) is 37.0 Å². The largest absolute Gasteiger partial charge is 0.478 e. The third-order valence-corrected chi connectivity index (χ3v) is 6.05. The summed E-state index contributed by atoms with van der Waals surface area (Å²) in [5.41, 5.74) is 0.0857. The predicted octanol–water partition coefficient (Wildman–Crippen LogP) is 2.23. The predicted molar refractivity (Wildman–Crippen MR) is 82.9 cm³/mol. The van der Waals surface area contributed by atoms with Gasteiger partial charge in [0.05, 0.1) is 11.8 Å². The fraction of sp³-hybridized carbons (Fsp3) is 0.706. The van der Waals surface area contributed by atoms with Crippen LogP contribution in [0.5, 0.6) is 0 Å². The fourth-order valence-corrected chi connectivity index (χ4v) is 5.41. The molecule has 1 heterocycles. The number of amides is 1. The van der Waals surface area contributed by atoms with Crippen LogP contribution < -0.4 is 5.32 Å². The summed E-state index contributed by atoms with van der Waals surface area (Å²) < 4.78 is 1.44.